The average Bonchev–Trinajstić information content (AvgIpc) is 2.32. The monoisotopic (exact) mass is 274 g/mol. The van der Waals surface area contributed by atoms with Crippen LogP contribution in [0, 0.1) is 0 Å². The van der Waals surface area contributed by atoms with Crippen LogP contribution < -0.4 is 5.73 Å². The number of nitrogen functional groups attached to an aromatic ring is 1. The fourth-order valence-electron chi connectivity index (χ4n) is 1.69. The van der Waals surface area contributed by atoms with Crippen molar-refractivity contribution in [3.63, 3.8) is 0 Å². The van der Waals surface area contributed by atoms with Gasteiger partial charge >= 0.3 is 6.18 Å². The summed E-state index contributed by atoms with van der Waals surface area (Å²) in [6.07, 6.45) is -5.90. The second-order valence-electron chi connectivity index (χ2n) is 4.27. The second kappa shape index (κ2) is 6.45. The molecule has 0 fully saturated rings. The highest BCUT2D eigenvalue weighted by atomic mass is 19.4. The first-order valence-corrected chi connectivity index (χ1v) is 6.00. The fourth-order valence-corrected chi connectivity index (χ4v) is 1.69. The van der Waals surface area contributed by atoms with Gasteiger partial charge in [0.25, 0.3) is 0 Å². The second-order valence-corrected chi connectivity index (χ2v) is 4.27. The van der Waals surface area contributed by atoms with Gasteiger partial charge in [-0.1, -0.05) is 12.1 Å². The van der Waals surface area contributed by atoms with E-state index in [0.717, 1.165) is 5.56 Å². The van der Waals surface area contributed by atoms with E-state index < -0.39 is 24.9 Å². The van der Waals surface area contributed by atoms with Crippen LogP contribution in [0.3, 0.4) is 0 Å². The van der Waals surface area contributed by atoms with E-state index in [-0.39, 0.29) is 6.54 Å². The molecular weight excluding hydrogens is 257 g/mol. The molecule has 2 N–H and O–H groups in total. The summed E-state index contributed by atoms with van der Waals surface area (Å²) in [5, 5.41) is 0. The topological polar surface area (TPSA) is 46.3 Å². The standard InChI is InChI=1S/C13H17F3N2O/c1-2-18(12(19)6-7-13(14,15)16)9-10-4-3-5-11(17)8-10/h3-5,8H,2,6-7,9,17H2,1H3. The quantitative estimate of drug-likeness (QED) is 0.839. The maximum absolute atomic E-state index is 12.1. The summed E-state index contributed by atoms with van der Waals surface area (Å²) in [5.74, 6) is -0.498. The number of rotatable bonds is 5. The van der Waals surface area contributed by atoms with E-state index in [2.05, 4.69) is 0 Å². The molecule has 0 aliphatic carbocycles. The highest BCUT2D eigenvalue weighted by Crippen LogP contribution is 2.22. The predicted octanol–water partition coefficient (Wildman–Crippen LogP) is 2.96. The summed E-state index contributed by atoms with van der Waals surface area (Å²) in [5.41, 5.74) is 6.99. The van der Waals surface area contributed by atoms with Gasteiger partial charge in [-0.3, -0.25) is 4.79 Å². The van der Waals surface area contributed by atoms with Gasteiger partial charge in [0.1, 0.15) is 0 Å². The van der Waals surface area contributed by atoms with Gasteiger partial charge in [0, 0.05) is 25.2 Å². The maximum atomic E-state index is 12.1. The molecule has 0 saturated carbocycles. The van der Waals surface area contributed by atoms with Crippen molar-refractivity contribution >= 4 is 11.6 Å². The van der Waals surface area contributed by atoms with Crippen LogP contribution in [0.15, 0.2) is 24.3 Å². The van der Waals surface area contributed by atoms with Crippen LogP contribution in [0.2, 0.25) is 0 Å². The molecule has 0 radical (unpaired) electrons. The van der Waals surface area contributed by atoms with E-state index >= 15 is 0 Å². The Hall–Kier alpha value is -1.72. The molecule has 0 spiro atoms. The lowest BCUT2D eigenvalue weighted by Gasteiger charge is -2.21. The minimum absolute atomic E-state index is 0.276. The molecule has 1 aromatic rings. The normalized spacial score (nSPS) is 11.4. The van der Waals surface area contributed by atoms with Crippen molar-refractivity contribution in [2.75, 3.05) is 12.3 Å². The Labute approximate surface area is 110 Å². The Bertz CT molecular complexity index is 432. The van der Waals surface area contributed by atoms with Crippen LogP contribution in [0.1, 0.15) is 25.3 Å². The van der Waals surface area contributed by atoms with Gasteiger partial charge in [0.2, 0.25) is 5.91 Å². The highest BCUT2D eigenvalue weighted by molar-refractivity contribution is 5.76. The molecule has 1 rings (SSSR count). The Morgan fingerprint density at radius 1 is 1.37 bits per heavy atom. The van der Waals surface area contributed by atoms with Crippen LogP contribution in [0.25, 0.3) is 0 Å². The van der Waals surface area contributed by atoms with Gasteiger partial charge < -0.3 is 10.6 Å². The van der Waals surface area contributed by atoms with E-state index in [9.17, 15) is 18.0 Å². The number of benzene rings is 1. The van der Waals surface area contributed by atoms with Crippen molar-refractivity contribution in [1.82, 2.24) is 4.90 Å². The molecule has 19 heavy (non-hydrogen) atoms. The number of alkyl halides is 3. The van der Waals surface area contributed by atoms with Gasteiger partial charge in [0.05, 0.1) is 6.42 Å². The van der Waals surface area contributed by atoms with Crippen molar-refractivity contribution < 1.29 is 18.0 Å². The summed E-state index contributed by atoms with van der Waals surface area (Å²) in [7, 11) is 0. The molecule has 1 aromatic carbocycles. The number of nitrogens with two attached hydrogens (primary N) is 1. The zero-order chi connectivity index (χ0) is 14.5. The molecule has 106 valence electrons. The number of carbonyl (C=O) groups is 1. The van der Waals surface area contributed by atoms with Crippen molar-refractivity contribution in [1.29, 1.82) is 0 Å². The minimum atomic E-state index is -4.30. The van der Waals surface area contributed by atoms with Gasteiger partial charge in [0.15, 0.2) is 0 Å². The van der Waals surface area contributed by atoms with Crippen molar-refractivity contribution in [3.05, 3.63) is 29.8 Å². The molecule has 0 aliphatic rings. The molecule has 3 nitrogen and oxygen atoms in total. The summed E-state index contributed by atoms with van der Waals surface area (Å²) in [6.45, 7) is 2.38. The zero-order valence-electron chi connectivity index (χ0n) is 10.7. The van der Waals surface area contributed by atoms with E-state index in [1.165, 1.54) is 4.90 Å². The van der Waals surface area contributed by atoms with Crippen molar-refractivity contribution in [2.24, 2.45) is 0 Å². The molecule has 0 atom stereocenters. The highest BCUT2D eigenvalue weighted by Gasteiger charge is 2.28. The smallest absolute Gasteiger partial charge is 0.389 e. The lowest BCUT2D eigenvalue weighted by Crippen LogP contribution is -2.31. The summed E-state index contributed by atoms with van der Waals surface area (Å²) < 4.78 is 36.2. The minimum Gasteiger partial charge on any atom is -0.399 e. The molecular formula is C13H17F3N2O. The first kappa shape index (κ1) is 15.3. The van der Waals surface area contributed by atoms with Gasteiger partial charge in [-0.2, -0.15) is 13.2 Å². The molecule has 0 heterocycles. The molecule has 1 amide bonds. The maximum Gasteiger partial charge on any atom is 0.389 e. The summed E-state index contributed by atoms with van der Waals surface area (Å²) in [6, 6.07) is 6.96. The third-order valence-corrected chi connectivity index (χ3v) is 2.68. The van der Waals surface area contributed by atoms with Gasteiger partial charge in [-0.15, -0.1) is 0 Å². The molecule has 0 unspecified atom stereocenters. The molecule has 0 saturated heterocycles. The van der Waals surface area contributed by atoms with E-state index in [1.807, 2.05) is 0 Å². The number of halogens is 3. The molecule has 0 aliphatic heterocycles. The first-order chi connectivity index (χ1) is 8.81. The zero-order valence-corrected chi connectivity index (χ0v) is 10.7. The first-order valence-electron chi connectivity index (χ1n) is 6.00. The average molecular weight is 274 g/mol. The lowest BCUT2D eigenvalue weighted by molar-refractivity contribution is -0.149. The number of hydrogen-bond acceptors (Lipinski definition) is 2. The number of nitrogens with zero attached hydrogens (tertiary/aromatic N) is 1. The molecule has 0 aromatic heterocycles. The summed E-state index contributed by atoms with van der Waals surface area (Å²) in [4.78, 5) is 13.1. The van der Waals surface area contributed by atoms with Crippen LogP contribution in [-0.2, 0) is 11.3 Å². The van der Waals surface area contributed by atoms with Crippen molar-refractivity contribution in [3.8, 4) is 0 Å². The largest absolute Gasteiger partial charge is 0.399 e. The van der Waals surface area contributed by atoms with Crippen LogP contribution in [-0.4, -0.2) is 23.5 Å². The third-order valence-electron chi connectivity index (χ3n) is 2.68. The Morgan fingerprint density at radius 2 is 2.05 bits per heavy atom. The third kappa shape index (κ3) is 5.63. The predicted molar refractivity (Wildman–Crippen MR) is 67.2 cm³/mol. The number of carbonyl (C=O) groups excluding carboxylic acids is 1. The van der Waals surface area contributed by atoms with Gasteiger partial charge in [-0.05, 0) is 24.6 Å². The summed E-state index contributed by atoms with van der Waals surface area (Å²) >= 11 is 0. The van der Waals surface area contributed by atoms with Crippen LogP contribution in [0.4, 0.5) is 18.9 Å². The van der Waals surface area contributed by atoms with E-state index in [0.29, 0.717) is 12.2 Å². The Kier molecular flexibility index (Phi) is 5.20. The van der Waals surface area contributed by atoms with Gasteiger partial charge in [-0.25, -0.2) is 0 Å². The van der Waals surface area contributed by atoms with Crippen LogP contribution in [0.5, 0.6) is 0 Å². The Balaban J connectivity index is 2.60. The van der Waals surface area contributed by atoms with Crippen molar-refractivity contribution in [2.45, 2.75) is 32.5 Å². The lowest BCUT2D eigenvalue weighted by atomic mass is 10.1. The number of anilines is 1. The van der Waals surface area contributed by atoms with E-state index in [4.69, 9.17) is 5.73 Å². The SMILES string of the molecule is CCN(Cc1cccc(N)c1)C(=O)CCC(F)(F)F. The fraction of sp³-hybridized carbons (Fsp3) is 0.462. The number of amides is 1. The molecule has 0 bridgehead atoms. The number of hydrogen-bond donors (Lipinski definition) is 1. The Morgan fingerprint density at radius 3 is 2.58 bits per heavy atom. The molecule has 6 heteroatoms. The van der Waals surface area contributed by atoms with E-state index in [1.54, 1.807) is 31.2 Å². The van der Waals surface area contributed by atoms with Crippen LogP contribution >= 0.6 is 0 Å².